The smallest absolute Gasteiger partial charge is 0.243 e. The largest absolute Gasteiger partial charge is 0.507 e. The van der Waals surface area contributed by atoms with Gasteiger partial charge in [0.15, 0.2) is 5.65 Å². The molecule has 3 N–H and O–H groups in total. The van der Waals surface area contributed by atoms with Crippen LogP contribution in [0.5, 0.6) is 5.75 Å². The average Bonchev–Trinajstić information content (AvgIpc) is 4.20. The molecule has 2 saturated heterocycles. The maximum absolute atomic E-state index is 14.3. The molecule has 0 bridgehead atoms. The number of hydrogen-bond acceptors (Lipinski definition) is 12. The van der Waals surface area contributed by atoms with Crippen molar-refractivity contribution < 1.29 is 19.2 Å². The topological polar surface area (TPSA) is 179 Å². The van der Waals surface area contributed by atoms with Crippen LogP contribution in [-0.4, -0.2) is 82.8 Å². The number of fused-ring (bicyclic) bond motifs is 1. The molecule has 0 saturated carbocycles. The number of hydrogen-bond donors (Lipinski definition) is 3. The highest BCUT2D eigenvalue weighted by atomic mass is 32.1. The number of phenols is 1. The number of H-pyrrole nitrogens is 1. The van der Waals surface area contributed by atoms with Gasteiger partial charge in [-0.15, -0.1) is 21.5 Å². The van der Waals surface area contributed by atoms with Crippen molar-refractivity contribution in [1.82, 2.24) is 45.5 Å². The maximum Gasteiger partial charge on any atom is 0.243 e. The summed E-state index contributed by atoms with van der Waals surface area (Å²) in [6, 6.07) is 26.5. The van der Waals surface area contributed by atoms with Gasteiger partial charge in [0.2, 0.25) is 17.8 Å². The van der Waals surface area contributed by atoms with Crippen LogP contribution in [0.2, 0.25) is 0 Å². The lowest BCUT2D eigenvalue weighted by molar-refractivity contribution is -0.141. The molecular weight excluding hydrogens is 861 g/mol. The SMILES string of the molecule is Cc1ncsc1-c1ccc([C@H](C)NC(=O)[C@@H]2CCCN2C(=O)[C@@H](c2cc(-c3ccc(-c4cnc(N5CCC(c6c[nH]c7nnc(-c8ccccc8O)cc67)CC5)nc4)cc3)no2)C(C)C)cc1. The van der Waals surface area contributed by atoms with E-state index >= 15 is 0 Å². The summed E-state index contributed by atoms with van der Waals surface area (Å²) in [5.41, 5.74) is 11.6. The van der Waals surface area contributed by atoms with Crippen molar-refractivity contribution in [3.8, 4) is 49.8 Å². The van der Waals surface area contributed by atoms with Crippen molar-refractivity contribution in [2.75, 3.05) is 24.5 Å². The van der Waals surface area contributed by atoms with Crippen LogP contribution in [0.1, 0.15) is 86.9 Å². The molecule has 3 atom stereocenters. The Kier molecular flexibility index (Phi) is 12.1. The van der Waals surface area contributed by atoms with Gasteiger partial charge in [0.05, 0.1) is 27.8 Å². The van der Waals surface area contributed by atoms with Crippen molar-refractivity contribution in [2.24, 2.45) is 5.92 Å². The molecule has 0 spiro atoms. The van der Waals surface area contributed by atoms with Crippen molar-refractivity contribution in [2.45, 2.75) is 77.3 Å². The first-order valence-electron chi connectivity index (χ1n) is 23.0. The average molecular weight is 913 g/mol. The second-order valence-electron chi connectivity index (χ2n) is 18.0. The molecule has 3 aromatic carbocycles. The third-order valence-electron chi connectivity index (χ3n) is 13.4. The molecule has 340 valence electrons. The van der Waals surface area contributed by atoms with E-state index < -0.39 is 12.0 Å². The number of anilines is 1. The molecule has 2 aliphatic rings. The number of thiazole rings is 1. The molecule has 15 heteroatoms. The molecule has 67 heavy (non-hydrogen) atoms. The molecule has 10 rings (SSSR count). The zero-order valence-corrected chi connectivity index (χ0v) is 38.7. The Morgan fingerprint density at radius 3 is 2.28 bits per heavy atom. The molecule has 8 aromatic rings. The Labute approximate surface area is 392 Å². The van der Waals surface area contributed by atoms with E-state index in [9.17, 15) is 14.7 Å². The second-order valence-corrected chi connectivity index (χ2v) is 18.9. The quantitative estimate of drug-likeness (QED) is 0.106. The summed E-state index contributed by atoms with van der Waals surface area (Å²) in [6.07, 6.45) is 9.00. The predicted molar refractivity (Wildman–Crippen MR) is 259 cm³/mol. The van der Waals surface area contributed by atoms with Gasteiger partial charge in [0.1, 0.15) is 29.2 Å². The zero-order chi connectivity index (χ0) is 46.2. The summed E-state index contributed by atoms with van der Waals surface area (Å²) in [6.45, 7) is 10.1. The highest BCUT2D eigenvalue weighted by molar-refractivity contribution is 7.13. The van der Waals surface area contributed by atoms with Gasteiger partial charge in [0.25, 0.3) is 0 Å². The van der Waals surface area contributed by atoms with Crippen LogP contribution in [0.4, 0.5) is 5.95 Å². The van der Waals surface area contributed by atoms with Crippen LogP contribution in [0.25, 0.3) is 55.1 Å². The molecule has 5 aromatic heterocycles. The third-order valence-corrected chi connectivity index (χ3v) is 14.4. The maximum atomic E-state index is 14.3. The number of piperidine rings is 1. The number of aromatic hydroxyl groups is 1. The molecule has 2 fully saturated rings. The van der Waals surface area contributed by atoms with E-state index in [1.807, 2.05) is 112 Å². The van der Waals surface area contributed by atoms with Gasteiger partial charge in [-0.05, 0) is 91.8 Å². The number of nitrogens with one attached hydrogen (secondary N) is 2. The molecule has 2 amide bonds. The minimum absolute atomic E-state index is 0.0885. The van der Waals surface area contributed by atoms with Gasteiger partial charge in [0, 0.05) is 66.4 Å². The minimum Gasteiger partial charge on any atom is -0.507 e. The number of aromatic nitrogens is 7. The molecular formula is C52H52N10O4S. The second kappa shape index (κ2) is 18.6. The number of benzene rings is 3. The van der Waals surface area contributed by atoms with Crippen molar-refractivity contribution >= 4 is 40.1 Å². The van der Waals surface area contributed by atoms with Gasteiger partial charge in [-0.25, -0.2) is 15.0 Å². The minimum atomic E-state index is -0.594. The number of phenolic OH excluding ortho intramolecular Hbond substituents is 1. The number of para-hydroxylation sites is 1. The fourth-order valence-electron chi connectivity index (χ4n) is 9.64. The Morgan fingerprint density at radius 1 is 0.836 bits per heavy atom. The van der Waals surface area contributed by atoms with Gasteiger partial charge in [-0.1, -0.05) is 79.7 Å². The van der Waals surface area contributed by atoms with E-state index in [1.165, 1.54) is 5.56 Å². The molecule has 0 aliphatic carbocycles. The summed E-state index contributed by atoms with van der Waals surface area (Å²) in [4.78, 5) is 50.3. The lowest BCUT2D eigenvalue weighted by atomic mass is 9.89. The summed E-state index contributed by atoms with van der Waals surface area (Å²) >= 11 is 1.61. The molecule has 14 nitrogen and oxygen atoms in total. The van der Waals surface area contributed by atoms with E-state index in [2.05, 4.69) is 47.7 Å². The number of rotatable bonds is 12. The van der Waals surface area contributed by atoms with Crippen LogP contribution >= 0.6 is 11.3 Å². The fraction of sp³-hybridized carbons (Fsp3) is 0.308. The number of aromatic amines is 1. The third kappa shape index (κ3) is 8.78. The Balaban J connectivity index is 0.755. The lowest BCUT2D eigenvalue weighted by Gasteiger charge is -2.32. The fourth-order valence-corrected chi connectivity index (χ4v) is 10.5. The van der Waals surface area contributed by atoms with Gasteiger partial charge in [-0.3, -0.25) is 9.59 Å². The van der Waals surface area contributed by atoms with E-state index in [-0.39, 0.29) is 29.5 Å². The molecule has 7 heterocycles. The van der Waals surface area contributed by atoms with Crippen LogP contribution < -0.4 is 10.2 Å². The van der Waals surface area contributed by atoms with Crippen molar-refractivity contribution in [3.63, 3.8) is 0 Å². The summed E-state index contributed by atoms with van der Waals surface area (Å²) in [5, 5.41) is 27.8. The van der Waals surface area contributed by atoms with E-state index in [0.717, 1.165) is 81.8 Å². The highest BCUT2D eigenvalue weighted by Crippen LogP contribution is 2.37. The Morgan fingerprint density at radius 2 is 1.57 bits per heavy atom. The van der Waals surface area contributed by atoms with Crippen molar-refractivity contribution in [3.05, 3.63) is 132 Å². The molecule has 0 unspecified atom stereocenters. The van der Waals surface area contributed by atoms with Crippen molar-refractivity contribution in [1.29, 1.82) is 0 Å². The summed E-state index contributed by atoms with van der Waals surface area (Å²) in [7, 11) is 0. The van der Waals surface area contributed by atoms with Gasteiger partial charge < -0.3 is 29.7 Å². The first kappa shape index (κ1) is 43.6. The summed E-state index contributed by atoms with van der Waals surface area (Å²) < 4.78 is 5.90. The van der Waals surface area contributed by atoms with Crippen LogP contribution in [-0.2, 0) is 9.59 Å². The number of aryl methyl sites for hydroxylation is 1. The normalized spacial score (nSPS) is 16.5. The monoisotopic (exact) mass is 912 g/mol. The summed E-state index contributed by atoms with van der Waals surface area (Å²) in [5.74, 6) is 0.744. The first-order valence-corrected chi connectivity index (χ1v) is 23.9. The van der Waals surface area contributed by atoms with Crippen LogP contribution in [0.15, 0.2) is 114 Å². The molecule has 0 radical (unpaired) electrons. The predicted octanol–water partition coefficient (Wildman–Crippen LogP) is 9.87. The highest BCUT2D eigenvalue weighted by Gasteiger charge is 2.40. The van der Waals surface area contributed by atoms with Gasteiger partial charge >= 0.3 is 0 Å². The van der Waals surface area contributed by atoms with Crippen LogP contribution in [0.3, 0.4) is 0 Å². The number of likely N-dealkylation sites (tertiary alicyclic amines) is 1. The number of carbonyl (C=O) groups excluding carboxylic acids is 2. The zero-order valence-electron chi connectivity index (χ0n) is 37.9. The van der Waals surface area contributed by atoms with E-state index in [0.29, 0.717) is 47.5 Å². The van der Waals surface area contributed by atoms with Crippen LogP contribution in [0, 0.1) is 12.8 Å². The number of amides is 2. The lowest BCUT2D eigenvalue weighted by Crippen LogP contribution is -2.48. The molecule has 2 aliphatic heterocycles. The first-order chi connectivity index (χ1) is 32.6. The van der Waals surface area contributed by atoms with Gasteiger partial charge in [-0.2, -0.15) is 0 Å². The standard InChI is InChI=1S/C52H52N10O4S/c1-30(2)47(51(65)62-21-7-9-44(62)50(64)57-31(3)33-11-17-37(18-12-33)48-32(4)56-29-67-48)46-25-42(60-66-46)36-15-13-34(14-16-36)38-26-54-52(55-27-38)61-22-19-35(20-23-61)41-28-53-49-40(41)24-43(58-59-49)39-8-5-6-10-45(39)63/h5-6,8,10-18,24-31,35,44,47,63H,7,9,19-23H2,1-4H3,(H,53,59)(H,57,64)/t31-,44-,47+/m0/s1. The van der Waals surface area contributed by atoms with E-state index in [1.54, 1.807) is 28.4 Å². The number of carbonyl (C=O) groups is 2. The number of nitrogens with zero attached hydrogens (tertiary/aromatic N) is 8. The van der Waals surface area contributed by atoms with E-state index in [4.69, 9.17) is 14.5 Å². The Hall–Kier alpha value is -7.26. The Bertz CT molecular complexity index is 3030.